The number of nitrogens with one attached hydrogen (secondary N) is 2. The standard InChI is InChI=1S/C13H20ClN5OS/c1-7-8(2)21-13(16-7)19-11(15)18-12(20)17-10-5-3-9(14)4-6-10/h9-10H,3-6H2,1-2H3,(H4,15,16,17,18,19,20). The van der Waals surface area contributed by atoms with Crippen LogP contribution in [0.5, 0.6) is 0 Å². The number of aromatic nitrogens is 1. The molecule has 2 rings (SSSR count). The summed E-state index contributed by atoms with van der Waals surface area (Å²) < 4.78 is 0. The van der Waals surface area contributed by atoms with E-state index < -0.39 is 0 Å². The number of carbonyl (C=O) groups is 1. The van der Waals surface area contributed by atoms with Crippen molar-refractivity contribution < 1.29 is 4.79 Å². The molecule has 6 nitrogen and oxygen atoms in total. The van der Waals surface area contributed by atoms with Crippen LogP contribution in [0, 0.1) is 13.8 Å². The number of amides is 2. The number of nitrogens with zero attached hydrogens (tertiary/aromatic N) is 2. The molecule has 2 amide bonds. The molecule has 4 N–H and O–H groups in total. The predicted molar refractivity (Wildman–Crippen MR) is 86.4 cm³/mol. The zero-order valence-electron chi connectivity index (χ0n) is 12.1. The van der Waals surface area contributed by atoms with E-state index in [1.807, 2.05) is 13.8 Å². The number of alkyl halides is 1. The summed E-state index contributed by atoms with van der Waals surface area (Å²) in [4.78, 5) is 21.3. The molecule has 0 radical (unpaired) electrons. The lowest BCUT2D eigenvalue weighted by atomic mass is 9.95. The normalized spacial score (nSPS) is 22.9. The van der Waals surface area contributed by atoms with Crippen LogP contribution in [0.3, 0.4) is 0 Å². The van der Waals surface area contributed by atoms with Gasteiger partial charge in [-0.2, -0.15) is 4.99 Å². The quantitative estimate of drug-likeness (QED) is 0.442. The molecule has 0 unspecified atom stereocenters. The molecule has 1 aromatic heterocycles. The first-order chi connectivity index (χ1) is 9.94. The van der Waals surface area contributed by atoms with Crippen LogP contribution in [0.4, 0.5) is 9.93 Å². The topological polar surface area (TPSA) is 92.4 Å². The first-order valence-electron chi connectivity index (χ1n) is 6.94. The van der Waals surface area contributed by atoms with Crippen molar-refractivity contribution in [1.29, 1.82) is 0 Å². The second-order valence-electron chi connectivity index (χ2n) is 5.18. The Morgan fingerprint density at radius 1 is 1.38 bits per heavy atom. The Hall–Kier alpha value is -1.34. The van der Waals surface area contributed by atoms with Crippen LogP contribution in [0.15, 0.2) is 4.99 Å². The Morgan fingerprint density at radius 2 is 2.05 bits per heavy atom. The summed E-state index contributed by atoms with van der Waals surface area (Å²) in [6, 6.07) is -0.184. The molecule has 0 atom stereocenters. The van der Waals surface area contributed by atoms with Crippen molar-refractivity contribution in [2.75, 3.05) is 0 Å². The summed E-state index contributed by atoms with van der Waals surface area (Å²) in [5.74, 6) is 0.0484. The van der Waals surface area contributed by atoms with Gasteiger partial charge in [-0.25, -0.2) is 9.78 Å². The van der Waals surface area contributed by atoms with E-state index in [-0.39, 0.29) is 23.4 Å². The maximum atomic E-state index is 11.8. The summed E-state index contributed by atoms with van der Waals surface area (Å²) in [6.07, 6.45) is 3.63. The van der Waals surface area contributed by atoms with E-state index in [1.165, 1.54) is 11.3 Å². The fourth-order valence-corrected chi connectivity index (χ4v) is 3.22. The van der Waals surface area contributed by atoms with Crippen LogP contribution in [0.25, 0.3) is 0 Å². The van der Waals surface area contributed by atoms with Gasteiger partial charge in [-0.3, -0.25) is 5.32 Å². The number of halogens is 1. The maximum Gasteiger partial charge on any atom is 0.321 e. The second-order valence-corrected chi connectivity index (χ2v) is 6.98. The molecule has 8 heteroatoms. The average molecular weight is 330 g/mol. The number of nitrogens with two attached hydrogens (primary N) is 1. The van der Waals surface area contributed by atoms with E-state index in [4.69, 9.17) is 17.3 Å². The molecule has 0 spiro atoms. The van der Waals surface area contributed by atoms with Crippen molar-refractivity contribution in [3.63, 3.8) is 0 Å². The Morgan fingerprint density at radius 3 is 2.62 bits per heavy atom. The number of rotatable bonds is 2. The Balaban J connectivity index is 1.84. The van der Waals surface area contributed by atoms with Crippen molar-refractivity contribution in [2.24, 2.45) is 10.7 Å². The zero-order valence-corrected chi connectivity index (χ0v) is 13.7. The first kappa shape index (κ1) is 16.0. The van der Waals surface area contributed by atoms with Crippen LogP contribution in [0.1, 0.15) is 36.3 Å². The van der Waals surface area contributed by atoms with Gasteiger partial charge in [0.2, 0.25) is 11.1 Å². The third-order valence-electron chi connectivity index (χ3n) is 3.47. The Bertz CT molecular complexity index is 517. The van der Waals surface area contributed by atoms with Gasteiger partial charge in [0.25, 0.3) is 0 Å². The van der Waals surface area contributed by atoms with E-state index in [1.54, 1.807) is 0 Å². The van der Waals surface area contributed by atoms with E-state index in [9.17, 15) is 4.79 Å². The number of aryl methyl sites for hydroxylation is 2. The molecule has 1 fully saturated rings. The third kappa shape index (κ3) is 4.86. The molecular weight excluding hydrogens is 310 g/mol. The van der Waals surface area contributed by atoms with E-state index in [2.05, 4.69) is 20.6 Å². The lowest BCUT2D eigenvalue weighted by Gasteiger charge is -2.25. The number of aliphatic imine (C=N–C) groups is 1. The summed E-state index contributed by atoms with van der Waals surface area (Å²) in [5, 5.41) is 6.19. The van der Waals surface area contributed by atoms with E-state index >= 15 is 0 Å². The number of hydrogen-bond donors (Lipinski definition) is 3. The highest BCUT2D eigenvalue weighted by Gasteiger charge is 2.21. The van der Waals surface area contributed by atoms with Gasteiger partial charge < -0.3 is 11.1 Å². The van der Waals surface area contributed by atoms with Gasteiger partial charge in [0.1, 0.15) is 0 Å². The summed E-state index contributed by atoms with van der Waals surface area (Å²) >= 11 is 7.48. The van der Waals surface area contributed by atoms with Crippen LogP contribution in [-0.2, 0) is 0 Å². The summed E-state index contributed by atoms with van der Waals surface area (Å²) in [5.41, 5.74) is 6.64. The molecule has 116 valence electrons. The summed E-state index contributed by atoms with van der Waals surface area (Å²) in [7, 11) is 0. The Labute approximate surface area is 133 Å². The van der Waals surface area contributed by atoms with Gasteiger partial charge in [-0.1, -0.05) is 11.3 Å². The lowest BCUT2D eigenvalue weighted by molar-refractivity contribution is 0.237. The largest absolute Gasteiger partial charge is 0.369 e. The minimum absolute atomic E-state index is 0.0484. The molecule has 1 aliphatic carbocycles. The molecule has 0 aromatic carbocycles. The van der Waals surface area contributed by atoms with Crippen molar-refractivity contribution in [2.45, 2.75) is 50.9 Å². The maximum absolute atomic E-state index is 11.8. The average Bonchev–Trinajstić information content (AvgIpc) is 2.70. The van der Waals surface area contributed by atoms with Gasteiger partial charge >= 0.3 is 6.03 Å². The van der Waals surface area contributed by atoms with Gasteiger partial charge in [-0.15, -0.1) is 11.6 Å². The lowest BCUT2D eigenvalue weighted by Crippen LogP contribution is -2.48. The second kappa shape index (κ2) is 7.09. The van der Waals surface area contributed by atoms with E-state index in [0.29, 0.717) is 5.13 Å². The Kier molecular flexibility index (Phi) is 5.41. The molecule has 0 bridgehead atoms. The highest BCUT2D eigenvalue weighted by molar-refractivity contribution is 7.15. The molecule has 21 heavy (non-hydrogen) atoms. The highest BCUT2D eigenvalue weighted by atomic mass is 35.5. The van der Waals surface area contributed by atoms with Crippen molar-refractivity contribution in [3.8, 4) is 0 Å². The molecule has 1 saturated carbocycles. The smallest absolute Gasteiger partial charge is 0.321 e. The highest BCUT2D eigenvalue weighted by Crippen LogP contribution is 2.24. The van der Waals surface area contributed by atoms with Crippen LogP contribution < -0.4 is 16.4 Å². The molecule has 0 aliphatic heterocycles. The first-order valence-corrected chi connectivity index (χ1v) is 8.19. The number of hydrogen-bond acceptors (Lipinski definition) is 4. The minimum atomic E-state index is -0.334. The van der Waals surface area contributed by atoms with Gasteiger partial charge in [0, 0.05) is 16.3 Å². The summed E-state index contributed by atoms with van der Waals surface area (Å²) in [6.45, 7) is 3.88. The monoisotopic (exact) mass is 329 g/mol. The molecule has 1 aromatic rings. The fourth-order valence-electron chi connectivity index (χ4n) is 2.17. The van der Waals surface area contributed by atoms with Crippen LogP contribution >= 0.6 is 22.9 Å². The number of guanidine groups is 1. The fraction of sp³-hybridized carbons (Fsp3) is 0.615. The SMILES string of the molecule is Cc1nc(N=C(N)NC(=O)NC2CCC(Cl)CC2)sc1C. The predicted octanol–water partition coefficient (Wildman–Crippen LogP) is 2.56. The van der Waals surface area contributed by atoms with Crippen molar-refractivity contribution in [3.05, 3.63) is 10.6 Å². The van der Waals surface area contributed by atoms with Gasteiger partial charge in [0.15, 0.2) is 0 Å². The van der Waals surface area contributed by atoms with Crippen molar-refractivity contribution >= 4 is 40.1 Å². The van der Waals surface area contributed by atoms with Crippen LogP contribution in [-0.4, -0.2) is 28.4 Å². The number of urea groups is 1. The molecule has 1 aliphatic rings. The molecular formula is C13H20ClN5OS. The van der Waals surface area contributed by atoms with Crippen LogP contribution in [0.2, 0.25) is 0 Å². The third-order valence-corrected chi connectivity index (χ3v) is 4.87. The molecule has 1 heterocycles. The number of thiazole rings is 1. The van der Waals surface area contributed by atoms with Gasteiger partial charge in [0.05, 0.1) is 5.69 Å². The molecule has 0 saturated heterocycles. The number of carbonyl (C=O) groups excluding carboxylic acids is 1. The van der Waals surface area contributed by atoms with E-state index in [0.717, 1.165) is 36.3 Å². The van der Waals surface area contributed by atoms with Crippen molar-refractivity contribution in [1.82, 2.24) is 15.6 Å². The minimum Gasteiger partial charge on any atom is -0.369 e. The van der Waals surface area contributed by atoms with Gasteiger partial charge in [-0.05, 0) is 39.5 Å². The zero-order chi connectivity index (χ0) is 15.4.